The molecule has 0 N–H and O–H groups in total. The fourth-order valence-corrected chi connectivity index (χ4v) is 2.74. The molecule has 0 saturated heterocycles. The van der Waals surface area contributed by atoms with Gasteiger partial charge in [-0.3, -0.25) is 0 Å². The maximum Gasteiger partial charge on any atom is 0.338 e. The lowest BCUT2D eigenvalue weighted by Crippen LogP contribution is -2.07. The summed E-state index contributed by atoms with van der Waals surface area (Å²) in [6.07, 6.45) is 0. The molecule has 0 spiro atoms. The monoisotopic (exact) mass is 275 g/mol. The fourth-order valence-electron chi connectivity index (χ4n) is 1.89. The predicted octanol–water partition coefficient (Wildman–Crippen LogP) is 3.73. The largest absolute Gasteiger partial charge is 0.456 e. The van der Waals surface area contributed by atoms with Gasteiger partial charge in [0.1, 0.15) is 6.61 Å². The van der Waals surface area contributed by atoms with Crippen molar-refractivity contribution < 1.29 is 9.53 Å². The number of carbonyl (C=O) groups excluding carboxylic acids is 1. The summed E-state index contributed by atoms with van der Waals surface area (Å²) in [4.78, 5) is 17.4. The molecule has 0 aliphatic carbocycles. The predicted molar refractivity (Wildman–Crippen MR) is 76.6 cm³/mol. The van der Waals surface area contributed by atoms with Gasteiger partial charge >= 0.3 is 5.97 Å². The third-order valence-electron chi connectivity index (χ3n) is 3.16. The number of benzene rings is 1. The van der Waals surface area contributed by atoms with Gasteiger partial charge in [0.15, 0.2) is 0 Å². The zero-order valence-corrected chi connectivity index (χ0v) is 12.4. The first-order valence-electron chi connectivity index (χ1n) is 6.15. The lowest BCUT2D eigenvalue weighted by Gasteiger charge is -2.08. The maximum atomic E-state index is 12.1. The summed E-state index contributed by atoms with van der Waals surface area (Å²) in [5.74, 6) is -0.272. The molecule has 100 valence electrons. The van der Waals surface area contributed by atoms with Crippen LogP contribution in [0.15, 0.2) is 18.2 Å². The average molecular weight is 275 g/mol. The highest BCUT2D eigenvalue weighted by Crippen LogP contribution is 2.19. The quantitative estimate of drug-likeness (QED) is 0.801. The Morgan fingerprint density at radius 1 is 1.26 bits per heavy atom. The van der Waals surface area contributed by atoms with E-state index in [0.29, 0.717) is 12.2 Å². The third-order valence-corrected chi connectivity index (χ3v) is 4.20. The number of aryl methyl sites for hydroxylation is 3. The first kappa shape index (κ1) is 13.7. The summed E-state index contributed by atoms with van der Waals surface area (Å²) >= 11 is 1.57. The molecule has 19 heavy (non-hydrogen) atoms. The first-order valence-corrected chi connectivity index (χ1v) is 6.97. The van der Waals surface area contributed by atoms with Crippen molar-refractivity contribution in [3.63, 3.8) is 0 Å². The topological polar surface area (TPSA) is 39.2 Å². The Bertz CT molecular complexity index is 617. The first-order chi connectivity index (χ1) is 8.99. The van der Waals surface area contributed by atoms with Crippen LogP contribution in [0, 0.1) is 27.7 Å². The number of rotatable bonds is 3. The van der Waals surface area contributed by atoms with Gasteiger partial charge < -0.3 is 4.74 Å². The number of aromatic nitrogens is 1. The third kappa shape index (κ3) is 3.01. The second kappa shape index (κ2) is 5.53. The minimum absolute atomic E-state index is 0.272. The SMILES string of the molecule is Cc1nc(C)c(COC(=O)c2cccc(C)c2C)s1. The molecule has 3 nitrogen and oxygen atoms in total. The molecule has 2 rings (SSSR count). The molecule has 1 aromatic carbocycles. The van der Waals surface area contributed by atoms with E-state index < -0.39 is 0 Å². The van der Waals surface area contributed by atoms with E-state index in [2.05, 4.69) is 4.98 Å². The minimum Gasteiger partial charge on any atom is -0.456 e. The molecule has 0 aliphatic heterocycles. The normalized spacial score (nSPS) is 10.5. The second-order valence-corrected chi connectivity index (χ2v) is 5.85. The summed E-state index contributed by atoms with van der Waals surface area (Å²) in [5, 5.41) is 0.996. The van der Waals surface area contributed by atoms with Crippen molar-refractivity contribution >= 4 is 17.3 Å². The van der Waals surface area contributed by atoms with Crippen LogP contribution in [0.1, 0.15) is 37.1 Å². The number of hydrogen-bond donors (Lipinski definition) is 0. The summed E-state index contributed by atoms with van der Waals surface area (Å²) in [5.41, 5.74) is 3.65. The van der Waals surface area contributed by atoms with Crippen LogP contribution in [-0.2, 0) is 11.3 Å². The molecule has 0 aliphatic rings. The Morgan fingerprint density at radius 3 is 2.63 bits per heavy atom. The van der Waals surface area contributed by atoms with E-state index in [1.54, 1.807) is 17.4 Å². The van der Waals surface area contributed by atoms with E-state index in [9.17, 15) is 4.79 Å². The van der Waals surface area contributed by atoms with Crippen molar-refractivity contribution in [2.75, 3.05) is 0 Å². The van der Waals surface area contributed by atoms with Crippen molar-refractivity contribution in [3.8, 4) is 0 Å². The van der Waals surface area contributed by atoms with Gasteiger partial charge in [-0.2, -0.15) is 0 Å². The Balaban J connectivity index is 2.10. The van der Waals surface area contributed by atoms with Crippen molar-refractivity contribution in [2.45, 2.75) is 34.3 Å². The highest BCUT2D eigenvalue weighted by Gasteiger charge is 2.13. The van der Waals surface area contributed by atoms with Crippen molar-refractivity contribution in [1.82, 2.24) is 4.98 Å². The fraction of sp³-hybridized carbons (Fsp3) is 0.333. The van der Waals surface area contributed by atoms with Crippen LogP contribution in [0.25, 0.3) is 0 Å². The number of thiazole rings is 1. The molecule has 0 fully saturated rings. The average Bonchev–Trinajstić information content (AvgIpc) is 2.68. The van der Waals surface area contributed by atoms with Gasteiger partial charge in [0, 0.05) is 0 Å². The zero-order valence-electron chi connectivity index (χ0n) is 11.6. The standard InChI is InChI=1S/C15H17NO2S/c1-9-6-5-7-13(10(9)2)15(17)18-8-14-11(3)16-12(4)19-14/h5-7H,8H2,1-4H3. The number of hydrogen-bond acceptors (Lipinski definition) is 4. The molecular formula is C15H17NO2S. The second-order valence-electron chi connectivity index (χ2n) is 4.57. The van der Waals surface area contributed by atoms with Crippen LogP contribution < -0.4 is 0 Å². The number of carbonyl (C=O) groups is 1. The summed E-state index contributed by atoms with van der Waals surface area (Å²) in [7, 11) is 0. The van der Waals surface area contributed by atoms with Crippen LogP contribution in [-0.4, -0.2) is 11.0 Å². The van der Waals surface area contributed by atoms with E-state index in [1.165, 1.54) is 0 Å². The molecule has 0 atom stereocenters. The Labute approximate surface area is 117 Å². The molecule has 0 bridgehead atoms. The van der Waals surface area contributed by atoms with Crippen LogP contribution in [0.4, 0.5) is 0 Å². The summed E-state index contributed by atoms with van der Waals surface area (Å²) in [6, 6.07) is 5.67. The number of nitrogens with zero attached hydrogens (tertiary/aromatic N) is 1. The van der Waals surface area contributed by atoms with Crippen molar-refractivity contribution in [3.05, 3.63) is 50.5 Å². The molecule has 0 radical (unpaired) electrons. The Morgan fingerprint density at radius 2 is 2.00 bits per heavy atom. The Kier molecular flexibility index (Phi) is 4.00. The zero-order chi connectivity index (χ0) is 14.0. The van der Waals surface area contributed by atoms with Crippen LogP contribution in [0.5, 0.6) is 0 Å². The van der Waals surface area contributed by atoms with Crippen LogP contribution >= 0.6 is 11.3 Å². The summed E-state index contributed by atoms with van der Waals surface area (Å²) in [6.45, 7) is 8.11. The minimum atomic E-state index is -0.272. The van der Waals surface area contributed by atoms with E-state index in [-0.39, 0.29) is 5.97 Å². The number of esters is 1. The molecule has 1 aromatic heterocycles. The molecular weight excluding hydrogens is 258 g/mol. The van der Waals surface area contributed by atoms with Gasteiger partial charge in [-0.1, -0.05) is 12.1 Å². The van der Waals surface area contributed by atoms with Gasteiger partial charge in [-0.05, 0) is 44.9 Å². The highest BCUT2D eigenvalue weighted by molar-refractivity contribution is 7.11. The van der Waals surface area contributed by atoms with Crippen molar-refractivity contribution in [2.24, 2.45) is 0 Å². The van der Waals surface area contributed by atoms with Gasteiger partial charge in [0.25, 0.3) is 0 Å². The maximum absolute atomic E-state index is 12.1. The van der Waals surface area contributed by atoms with E-state index in [0.717, 1.165) is 26.7 Å². The van der Waals surface area contributed by atoms with E-state index >= 15 is 0 Å². The van der Waals surface area contributed by atoms with E-state index in [4.69, 9.17) is 4.74 Å². The van der Waals surface area contributed by atoms with E-state index in [1.807, 2.05) is 39.8 Å². The van der Waals surface area contributed by atoms with Crippen LogP contribution in [0.3, 0.4) is 0 Å². The lowest BCUT2D eigenvalue weighted by atomic mass is 10.0. The molecule has 0 saturated carbocycles. The summed E-state index contributed by atoms with van der Waals surface area (Å²) < 4.78 is 5.38. The molecule has 4 heteroatoms. The van der Waals surface area contributed by atoms with Gasteiger partial charge in [-0.25, -0.2) is 9.78 Å². The number of ether oxygens (including phenoxy) is 1. The molecule has 0 unspecified atom stereocenters. The lowest BCUT2D eigenvalue weighted by molar-refractivity contribution is 0.0475. The van der Waals surface area contributed by atoms with Gasteiger partial charge in [-0.15, -0.1) is 11.3 Å². The van der Waals surface area contributed by atoms with Gasteiger partial charge in [0.2, 0.25) is 0 Å². The molecule has 1 heterocycles. The smallest absolute Gasteiger partial charge is 0.338 e. The van der Waals surface area contributed by atoms with Crippen molar-refractivity contribution in [1.29, 1.82) is 0 Å². The van der Waals surface area contributed by atoms with Gasteiger partial charge in [0.05, 0.1) is 21.1 Å². The highest BCUT2D eigenvalue weighted by atomic mass is 32.1. The van der Waals surface area contributed by atoms with Crippen LogP contribution in [0.2, 0.25) is 0 Å². The molecule has 2 aromatic rings. The Hall–Kier alpha value is -1.68. The molecule has 0 amide bonds.